The van der Waals surface area contributed by atoms with Gasteiger partial charge in [-0.3, -0.25) is 0 Å². The van der Waals surface area contributed by atoms with Crippen molar-refractivity contribution in [1.29, 1.82) is 0 Å². The van der Waals surface area contributed by atoms with Gasteiger partial charge in [0.1, 0.15) is 0 Å². The van der Waals surface area contributed by atoms with E-state index in [0.29, 0.717) is 0 Å². The number of rotatable bonds is 7. The lowest BCUT2D eigenvalue weighted by Gasteiger charge is -2.00. The summed E-state index contributed by atoms with van der Waals surface area (Å²) in [5, 5.41) is 0. The number of hydrogen-bond acceptors (Lipinski definition) is 0. The van der Waals surface area contributed by atoms with Gasteiger partial charge in [0.05, 0.1) is 0 Å². The molecule has 16 heavy (non-hydrogen) atoms. The maximum Gasteiger partial charge on any atom is -0.00630 e. The van der Waals surface area contributed by atoms with Crippen molar-refractivity contribution in [1.82, 2.24) is 0 Å². The van der Waals surface area contributed by atoms with Crippen LogP contribution >= 0.6 is 0 Å². The second kappa shape index (κ2) is 9.45. The monoisotopic (exact) mass is 218 g/mol. The van der Waals surface area contributed by atoms with Crippen LogP contribution in [0.25, 0.3) is 0 Å². The normalized spacial score (nSPS) is 14.4. The van der Waals surface area contributed by atoms with Crippen molar-refractivity contribution >= 4 is 0 Å². The number of hydrogen-bond donors (Lipinski definition) is 0. The minimum absolute atomic E-state index is 0.925. The van der Waals surface area contributed by atoms with Crippen molar-refractivity contribution in [3.63, 3.8) is 0 Å². The van der Waals surface area contributed by atoms with E-state index in [1.54, 1.807) is 0 Å². The summed E-state index contributed by atoms with van der Waals surface area (Å²) in [6, 6.07) is 0. The van der Waals surface area contributed by atoms with Gasteiger partial charge in [0, 0.05) is 0 Å². The summed E-state index contributed by atoms with van der Waals surface area (Å²) in [6.45, 7) is 14.1. The van der Waals surface area contributed by atoms with E-state index < -0.39 is 0 Å². The third-order valence-corrected chi connectivity index (χ3v) is 2.59. The van der Waals surface area contributed by atoms with Crippen LogP contribution < -0.4 is 0 Å². The van der Waals surface area contributed by atoms with Crippen molar-refractivity contribution in [2.45, 2.75) is 59.8 Å². The molecule has 0 rings (SSSR count). The summed E-state index contributed by atoms with van der Waals surface area (Å²) in [5.74, 6) is 0. The highest BCUT2D eigenvalue weighted by atomic mass is 14.0. The molecule has 0 nitrogen and oxygen atoms in total. The molecular formula is C16H26. The van der Waals surface area contributed by atoms with Crippen molar-refractivity contribution in [2.75, 3.05) is 0 Å². The van der Waals surface area contributed by atoms with E-state index in [1.807, 2.05) is 6.92 Å². The molecule has 0 saturated carbocycles. The molecule has 0 aliphatic heterocycles. The van der Waals surface area contributed by atoms with Crippen LogP contribution in [0, 0.1) is 6.92 Å². The maximum absolute atomic E-state index is 5.59. The summed E-state index contributed by atoms with van der Waals surface area (Å²) in [6.07, 6.45) is 12.5. The highest BCUT2D eigenvalue weighted by Crippen LogP contribution is 2.11. The first kappa shape index (κ1) is 15.2. The summed E-state index contributed by atoms with van der Waals surface area (Å²) < 4.78 is 0. The molecule has 2 radical (unpaired) electrons. The molecule has 0 atom stereocenters. The SMILES string of the molecule is [CH]/C(C)=C/CC/C(C)=C/CC/C(C)=C/CC. The Labute approximate surface area is 102 Å². The predicted octanol–water partition coefficient (Wildman–Crippen LogP) is 5.51. The Bertz CT molecular complexity index is 260. The van der Waals surface area contributed by atoms with Gasteiger partial charge < -0.3 is 0 Å². The average Bonchev–Trinajstić information content (AvgIpc) is 2.17. The molecule has 0 fully saturated rings. The first-order valence-electron chi connectivity index (χ1n) is 6.29. The predicted molar refractivity (Wildman–Crippen MR) is 74.3 cm³/mol. The summed E-state index contributed by atoms with van der Waals surface area (Å²) in [5.41, 5.74) is 3.90. The van der Waals surface area contributed by atoms with Gasteiger partial charge in [-0.1, -0.05) is 41.9 Å². The van der Waals surface area contributed by atoms with Gasteiger partial charge >= 0.3 is 0 Å². The molecule has 0 heterocycles. The Hall–Kier alpha value is -0.780. The van der Waals surface area contributed by atoms with Crippen molar-refractivity contribution < 1.29 is 0 Å². The Morgan fingerprint density at radius 2 is 1.38 bits per heavy atom. The van der Waals surface area contributed by atoms with E-state index in [4.69, 9.17) is 6.92 Å². The van der Waals surface area contributed by atoms with Gasteiger partial charge in [-0.25, -0.2) is 0 Å². The lowest BCUT2D eigenvalue weighted by atomic mass is 10.1. The molecule has 0 unspecified atom stereocenters. The van der Waals surface area contributed by atoms with E-state index in [-0.39, 0.29) is 0 Å². The third-order valence-electron chi connectivity index (χ3n) is 2.59. The average molecular weight is 218 g/mol. The van der Waals surface area contributed by atoms with E-state index in [2.05, 4.69) is 39.0 Å². The fourth-order valence-electron chi connectivity index (χ4n) is 1.63. The molecule has 0 aromatic rings. The molecule has 0 aliphatic carbocycles. The molecule has 0 N–H and O–H groups in total. The highest BCUT2D eigenvalue weighted by molar-refractivity contribution is 5.06. The highest BCUT2D eigenvalue weighted by Gasteiger charge is 1.91. The minimum atomic E-state index is 0.925. The van der Waals surface area contributed by atoms with Gasteiger partial charge in [0.2, 0.25) is 0 Å². The lowest BCUT2D eigenvalue weighted by molar-refractivity contribution is 0.914. The zero-order valence-corrected chi connectivity index (χ0v) is 11.3. The van der Waals surface area contributed by atoms with Crippen LogP contribution in [0.5, 0.6) is 0 Å². The van der Waals surface area contributed by atoms with Gasteiger partial charge in [-0.15, -0.1) is 0 Å². The van der Waals surface area contributed by atoms with Crippen LogP contribution in [-0.2, 0) is 0 Å². The van der Waals surface area contributed by atoms with Gasteiger partial charge in [0.15, 0.2) is 0 Å². The van der Waals surface area contributed by atoms with Gasteiger partial charge in [0.25, 0.3) is 0 Å². The van der Waals surface area contributed by atoms with Gasteiger partial charge in [-0.05, 0) is 59.8 Å². The topological polar surface area (TPSA) is 0 Å². The zero-order chi connectivity index (χ0) is 12.4. The molecule has 0 aliphatic rings. The van der Waals surface area contributed by atoms with E-state index in [9.17, 15) is 0 Å². The molecule has 90 valence electrons. The Balaban J connectivity index is 3.79. The molecule has 0 aromatic carbocycles. The first-order chi connectivity index (χ1) is 7.56. The Morgan fingerprint density at radius 3 is 1.88 bits per heavy atom. The molecule has 0 aromatic heterocycles. The van der Waals surface area contributed by atoms with E-state index >= 15 is 0 Å². The van der Waals surface area contributed by atoms with Crippen molar-refractivity contribution in [3.8, 4) is 0 Å². The largest absolute Gasteiger partial charge is 0.0859 e. The van der Waals surface area contributed by atoms with Crippen molar-refractivity contribution in [3.05, 3.63) is 41.9 Å². The van der Waals surface area contributed by atoms with Crippen molar-refractivity contribution in [2.24, 2.45) is 0 Å². The van der Waals surface area contributed by atoms with E-state index in [1.165, 1.54) is 24.0 Å². The minimum Gasteiger partial charge on any atom is -0.0859 e. The fraction of sp³-hybridized carbons (Fsp3) is 0.562. The molecule has 0 heteroatoms. The molecule has 0 saturated heterocycles. The van der Waals surface area contributed by atoms with Crippen LogP contribution in [0.4, 0.5) is 0 Å². The molecule has 0 amide bonds. The Kier molecular flexibility index (Phi) is 8.99. The maximum atomic E-state index is 5.59. The van der Waals surface area contributed by atoms with Crippen LogP contribution in [0.15, 0.2) is 34.9 Å². The van der Waals surface area contributed by atoms with Crippen LogP contribution in [-0.4, -0.2) is 0 Å². The molecule has 0 spiro atoms. The third kappa shape index (κ3) is 9.76. The first-order valence-corrected chi connectivity index (χ1v) is 6.29. The number of allylic oxidation sites excluding steroid dienone is 6. The fourth-order valence-corrected chi connectivity index (χ4v) is 1.63. The smallest absolute Gasteiger partial charge is 0.00630 e. The summed E-state index contributed by atoms with van der Waals surface area (Å²) in [4.78, 5) is 0. The van der Waals surface area contributed by atoms with E-state index in [0.717, 1.165) is 24.8 Å². The standard InChI is InChI=1S/C16H26/c1-6-9-15(4)12-8-13-16(5)11-7-10-14(2)3/h2,9-10,13H,6-8,11-12H2,1,3-5H3/b14-10-,15-9+,16-13+. The van der Waals surface area contributed by atoms with Gasteiger partial charge in [-0.2, -0.15) is 0 Å². The molecular weight excluding hydrogens is 192 g/mol. The molecule has 0 bridgehead atoms. The second-order valence-corrected chi connectivity index (χ2v) is 4.53. The lowest BCUT2D eigenvalue weighted by Crippen LogP contribution is -1.80. The second-order valence-electron chi connectivity index (χ2n) is 4.53. The summed E-state index contributed by atoms with van der Waals surface area (Å²) in [7, 11) is 0. The Morgan fingerprint density at radius 1 is 0.875 bits per heavy atom. The van der Waals surface area contributed by atoms with Crippen LogP contribution in [0.3, 0.4) is 0 Å². The summed E-state index contributed by atoms with van der Waals surface area (Å²) >= 11 is 0. The van der Waals surface area contributed by atoms with Crippen LogP contribution in [0.1, 0.15) is 59.8 Å². The zero-order valence-electron chi connectivity index (χ0n) is 11.3. The van der Waals surface area contributed by atoms with Crippen LogP contribution in [0.2, 0.25) is 0 Å². The quantitative estimate of drug-likeness (QED) is 0.494.